The third-order valence-corrected chi connectivity index (χ3v) is 3.46. The third-order valence-electron chi connectivity index (χ3n) is 3.46. The zero-order chi connectivity index (χ0) is 14.7. The summed E-state index contributed by atoms with van der Waals surface area (Å²) in [6, 6.07) is 1.68. The first-order chi connectivity index (χ1) is 8.73. The van der Waals surface area contributed by atoms with E-state index in [1.165, 1.54) is 6.92 Å². The Balaban J connectivity index is 2.72. The van der Waals surface area contributed by atoms with E-state index in [9.17, 15) is 9.59 Å². The number of hydrogen-bond acceptors (Lipinski definition) is 3. The molecule has 1 rings (SSSR count). The van der Waals surface area contributed by atoms with Crippen molar-refractivity contribution in [3.8, 4) is 0 Å². The largest absolute Gasteiger partial charge is 0.481 e. The highest BCUT2D eigenvalue weighted by Gasteiger charge is 2.27. The maximum absolute atomic E-state index is 12.0. The molecule has 3 unspecified atom stereocenters. The maximum atomic E-state index is 12.0. The van der Waals surface area contributed by atoms with Gasteiger partial charge in [-0.2, -0.15) is 0 Å². The topological polar surface area (TPSA) is 79.5 Å². The molecule has 0 saturated carbocycles. The quantitative estimate of drug-likeness (QED) is 0.858. The lowest BCUT2D eigenvalue weighted by Gasteiger charge is -2.19. The number of aryl methyl sites for hydroxylation is 2. The first-order valence-electron chi connectivity index (χ1n) is 6.34. The Morgan fingerprint density at radius 3 is 2.21 bits per heavy atom. The van der Waals surface area contributed by atoms with E-state index in [0.29, 0.717) is 0 Å². The van der Waals surface area contributed by atoms with Crippen molar-refractivity contribution in [2.24, 2.45) is 11.8 Å². The minimum absolute atomic E-state index is 0.201. The Labute approximate surface area is 113 Å². The van der Waals surface area contributed by atoms with Gasteiger partial charge in [-0.05, 0) is 26.8 Å². The number of aliphatic carboxylic acids is 1. The molecule has 5 heteroatoms. The van der Waals surface area contributed by atoms with Crippen molar-refractivity contribution in [3.63, 3.8) is 0 Å². The highest BCUT2D eigenvalue weighted by atomic mass is 16.4. The Bertz CT molecular complexity index is 478. The average molecular weight is 267 g/mol. The second-order valence-electron chi connectivity index (χ2n) is 5.01. The van der Waals surface area contributed by atoms with Crippen LogP contribution in [0.1, 0.15) is 43.9 Å². The molecule has 5 nitrogen and oxygen atoms in total. The van der Waals surface area contributed by atoms with Gasteiger partial charge in [-0.25, -0.2) is 0 Å². The molecular weight excluding hydrogens is 246 g/mol. The number of carboxylic acid groups (broad SMARTS) is 1. The molecule has 3 atom stereocenters. The fourth-order valence-corrected chi connectivity index (χ4v) is 1.94. The Morgan fingerprint density at radius 2 is 1.79 bits per heavy atom. The van der Waals surface area contributed by atoms with Gasteiger partial charge < -0.3 is 14.8 Å². The van der Waals surface area contributed by atoms with Gasteiger partial charge in [-0.1, -0.05) is 13.8 Å². The van der Waals surface area contributed by atoms with Crippen molar-refractivity contribution in [2.75, 3.05) is 0 Å². The van der Waals surface area contributed by atoms with Crippen LogP contribution in [0.5, 0.6) is 0 Å². The monoisotopic (exact) mass is 267 g/mol. The number of furan rings is 1. The molecule has 1 amide bonds. The summed E-state index contributed by atoms with van der Waals surface area (Å²) in [6.45, 7) is 8.70. The SMILES string of the molecule is Cc1cc(C(C)NC(=O)C(C)C(C)C(=O)O)c(C)o1. The van der Waals surface area contributed by atoms with E-state index in [1.807, 2.05) is 26.8 Å². The van der Waals surface area contributed by atoms with Crippen molar-refractivity contribution in [2.45, 2.75) is 40.7 Å². The normalized spacial score (nSPS) is 15.6. The summed E-state index contributed by atoms with van der Waals surface area (Å²) >= 11 is 0. The van der Waals surface area contributed by atoms with Crippen LogP contribution in [-0.4, -0.2) is 17.0 Å². The van der Waals surface area contributed by atoms with E-state index in [1.54, 1.807) is 6.92 Å². The first kappa shape index (κ1) is 15.3. The number of hydrogen-bond donors (Lipinski definition) is 2. The summed E-state index contributed by atoms with van der Waals surface area (Å²) < 4.78 is 5.42. The molecule has 0 aromatic carbocycles. The van der Waals surface area contributed by atoms with Gasteiger partial charge in [0.25, 0.3) is 0 Å². The number of carbonyl (C=O) groups is 2. The Morgan fingerprint density at radius 1 is 1.21 bits per heavy atom. The number of nitrogens with one attached hydrogen (secondary N) is 1. The van der Waals surface area contributed by atoms with E-state index in [4.69, 9.17) is 9.52 Å². The number of rotatable bonds is 5. The average Bonchev–Trinajstić information content (AvgIpc) is 2.66. The van der Waals surface area contributed by atoms with Crippen LogP contribution >= 0.6 is 0 Å². The summed E-state index contributed by atoms with van der Waals surface area (Å²) in [7, 11) is 0. The lowest BCUT2D eigenvalue weighted by molar-refractivity contribution is -0.146. The molecule has 0 aliphatic carbocycles. The van der Waals surface area contributed by atoms with Crippen molar-refractivity contribution in [1.82, 2.24) is 5.32 Å². The van der Waals surface area contributed by atoms with E-state index in [0.717, 1.165) is 17.1 Å². The van der Waals surface area contributed by atoms with Crippen LogP contribution in [0.2, 0.25) is 0 Å². The molecule has 19 heavy (non-hydrogen) atoms. The van der Waals surface area contributed by atoms with E-state index in [2.05, 4.69) is 5.32 Å². The molecular formula is C14H21NO4. The lowest BCUT2D eigenvalue weighted by atomic mass is 9.94. The van der Waals surface area contributed by atoms with Gasteiger partial charge in [-0.15, -0.1) is 0 Å². The standard InChI is InChI=1S/C14H21NO4/c1-7-6-12(11(5)19-7)10(4)15-13(16)8(2)9(3)14(17)18/h6,8-10H,1-5H3,(H,15,16)(H,17,18). The van der Waals surface area contributed by atoms with Crippen LogP contribution in [0.4, 0.5) is 0 Å². The molecule has 1 aromatic rings. The van der Waals surface area contributed by atoms with Gasteiger partial charge in [0.05, 0.1) is 12.0 Å². The van der Waals surface area contributed by atoms with Crippen LogP contribution in [0.3, 0.4) is 0 Å². The molecule has 0 aliphatic heterocycles. The van der Waals surface area contributed by atoms with Gasteiger partial charge >= 0.3 is 5.97 Å². The molecule has 0 radical (unpaired) electrons. The van der Waals surface area contributed by atoms with Crippen molar-refractivity contribution in [1.29, 1.82) is 0 Å². The first-order valence-corrected chi connectivity index (χ1v) is 6.34. The number of amides is 1. The van der Waals surface area contributed by atoms with Gasteiger partial charge in [0.1, 0.15) is 11.5 Å². The molecule has 0 saturated heterocycles. The van der Waals surface area contributed by atoms with E-state index in [-0.39, 0.29) is 11.9 Å². The molecule has 0 bridgehead atoms. The van der Waals surface area contributed by atoms with Crippen molar-refractivity contribution < 1.29 is 19.1 Å². The van der Waals surface area contributed by atoms with Gasteiger partial charge in [0, 0.05) is 11.5 Å². The van der Waals surface area contributed by atoms with Crippen LogP contribution in [-0.2, 0) is 9.59 Å². The summed E-state index contributed by atoms with van der Waals surface area (Å²) in [6.07, 6.45) is 0. The fourth-order valence-electron chi connectivity index (χ4n) is 1.94. The van der Waals surface area contributed by atoms with E-state index >= 15 is 0 Å². The highest BCUT2D eigenvalue weighted by molar-refractivity contribution is 5.84. The van der Waals surface area contributed by atoms with Crippen molar-refractivity contribution in [3.05, 3.63) is 23.2 Å². The molecule has 0 spiro atoms. The summed E-state index contributed by atoms with van der Waals surface area (Å²) in [4.78, 5) is 22.8. The summed E-state index contributed by atoms with van der Waals surface area (Å²) in [5, 5.41) is 11.7. The Hall–Kier alpha value is -1.78. The van der Waals surface area contributed by atoms with Crippen LogP contribution in [0.25, 0.3) is 0 Å². The Kier molecular flexibility index (Phi) is 4.75. The second-order valence-corrected chi connectivity index (χ2v) is 5.01. The fraction of sp³-hybridized carbons (Fsp3) is 0.571. The minimum atomic E-state index is -0.967. The predicted octanol–water partition coefficient (Wildman–Crippen LogP) is 2.43. The zero-order valence-electron chi connectivity index (χ0n) is 12.0. The van der Waals surface area contributed by atoms with Crippen molar-refractivity contribution >= 4 is 11.9 Å². The summed E-state index contributed by atoms with van der Waals surface area (Å²) in [5.41, 5.74) is 0.918. The van der Waals surface area contributed by atoms with Gasteiger partial charge in [0.2, 0.25) is 5.91 Å². The smallest absolute Gasteiger partial charge is 0.307 e. The molecule has 0 fully saturated rings. The zero-order valence-corrected chi connectivity index (χ0v) is 12.0. The maximum Gasteiger partial charge on any atom is 0.307 e. The van der Waals surface area contributed by atoms with E-state index < -0.39 is 17.8 Å². The molecule has 0 aliphatic rings. The molecule has 106 valence electrons. The lowest BCUT2D eigenvalue weighted by Crippen LogP contribution is -2.36. The second kappa shape index (κ2) is 5.91. The van der Waals surface area contributed by atoms with Gasteiger partial charge in [0.15, 0.2) is 0 Å². The molecule has 2 N–H and O–H groups in total. The summed E-state index contributed by atoms with van der Waals surface area (Å²) in [5.74, 6) is -0.955. The predicted molar refractivity (Wildman–Crippen MR) is 70.7 cm³/mol. The number of carboxylic acids is 1. The minimum Gasteiger partial charge on any atom is -0.481 e. The highest BCUT2D eigenvalue weighted by Crippen LogP contribution is 2.22. The molecule has 1 aromatic heterocycles. The van der Waals surface area contributed by atoms with Gasteiger partial charge in [-0.3, -0.25) is 9.59 Å². The molecule has 1 heterocycles. The third kappa shape index (κ3) is 3.59. The number of carbonyl (C=O) groups excluding carboxylic acids is 1. The van der Waals surface area contributed by atoms with Crippen LogP contribution < -0.4 is 5.32 Å². The van der Waals surface area contributed by atoms with Crippen LogP contribution in [0, 0.1) is 25.7 Å². The van der Waals surface area contributed by atoms with Crippen LogP contribution in [0.15, 0.2) is 10.5 Å².